The maximum Gasteiger partial charge on any atom is 0.163 e. The SMILES string of the molecule is Oc1ccc(/C=N\Nc2cc(Cl)nc(-c3ccccc3)n2)c(O)c1. The second kappa shape index (κ2) is 6.97. The van der Waals surface area contributed by atoms with Gasteiger partial charge in [-0.05, 0) is 12.1 Å². The van der Waals surface area contributed by atoms with Gasteiger partial charge in [0.15, 0.2) is 11.6 Å². The summed E-state index contributed by atoms with van der Waals surface area (Å²) in [6, 6.07) is 15.2. The van der Waals surface area contributed by atoms with Crippen molar-refractivity contribution in [1.29, 1.82) is 0 Å². The number of phenolic OH excluding ortho intramolecular Hbond substituents is 2. The quantitative estimate of drug-likeness (QED) is 0.383. The number of nitrogens with zero attached hydrogens (tertiary/aromatic N) is 3. The van der Waals surface area contributed by atoms with Crippen LogP contribution in [-0.4, -0.2) is 26.4 Å². The molecule has 0 spiro atoms. The van der Waals surface area contributed by atoms with Gasteiger partial charge in [-0.15, -0.1) is 0 Å². The predicted octanol–water partition coefficient (Wildman–Crippen LogP) is 3.65. The van der Waals surface area contributed by atoms with Gasteiger partial charge in [0.1, 0.15) is 16.7 Å². The van der Waals surface area contributed by atoms with Gasteiger partial charge in [0, 0.05) is 23.3 Å². The van der Waals surface area contributed by atoms with E-state index in [9.17, 15) is 10.2 Å². The normalized spacial score (nSPS) is 10.9. The third-order valence-electron chi connectivity index (χ3n) is 3.12. The Morgan fingerprint density at radius 2 is 1.79 bits per heavy atom. The van der Waals surface area contributed by atoms with E-state index in [2.05, 4.69) is 20.5 Å². The fraction of sp³-hybridized carbons (Fsp3) is 0. The van der Waals surface area contributed by atoms with Crippen LogP contribution in [0, 0.1) is 0 Å². The number of hydrogen-bond donors (Lipinski definition) is 3. The maximum atomic E-state index is 9.70. The molecule has 0 saturated heterocycles. The predicted molar refractivity (Wildman–Crippen MR) is 93.5 cm³/mol. The first-order valence-corrected chi connectivity index (χ1v) is 7.41. The van der Waals surface area contributed by atoms with Gasteiger partial charge in [0.25, 0.3) is 0 Å². The van der Waals surface area contributed by atoms with Crippen molar-refractivity contribution in [2.45, 2.75) is 0 Å². The standard InChI is InChI=1S/C17H13ClN4O2/c18-15-9-16(21-17(20-15)11-4-2-1-3-5-11)22-19-10-12-6-7-13(23)8-14(12)24/h1-10,23-24H,(H,20,21,22)/b19-10-. The van der Waals surface area contributed by atoms with Crippen LogP contribution in [-0.2, 0) is 0 Å². The van der Waals surface area contributed by atoms with Crippen molar-refractivity contribution < 1.29 is 10.2 Å². The highest BCUT2D eigenvalue weighted by Gasteiger charge is 2.05. The van der Waals surface area contributed by atoms with Crippen molar-refractivity contribution >= 4 is 23.6 Å². The summed E-state index contributed by atoms with van der Waals surface area (Å²) in [6.45, 7) is 0. The number of aromatic hydroxyl groups is 2. The number of phenols is 2. The number of aromatic nitrogens is 2. The Kier molecular flexibility index (Phi) is 4.58. The van der Waals surface area contributed by atoms with Gasteiger partial charge in [-0.1, -0.05) is 41.9 Å². The second-order valence-electron chi connectivity index (χ2n) is 4.88. The third-order valence-corrected chi connectivity index (χ3v) is 3.32. The zero-order chi connectivity index (χ0) is 16.9. The number of rotatable bonds is 4. The Morgan fingerprint density at radius 1 is 1.00 bits per heavy atom. The molecule has 6 nitrogen and oxygen atoms in total. The van der Waals surface area contributed by atoms with E-state index in [1.165, 1.54) is 24.4 Å². The van der Waals surface area contributed by atoms with Crippen molar-refractivity contribution in [1.82, 2.24) is 9.97 Å². The Bertz CT molecular complexity index is 885. The van der Waals surface area contributed by atoms with Crippen molar-refractivity contribution in [3.63, 3.8) is 0 Å². The molecule has 0 atom stereocenters. The summed E-state index contributed by atoms with van der Waals surface area (Å²) in [5.41, 5.74) is 4.03. The molecule has 7 heteroatoms. The zero-order valence-corrected chi connectivity index (χ0v) is 13.1. The van der Waals surface area contributed by atoms with Crippen LogP contribution in [0.4, 0.5) is 5.82 Å². The summed E-state index contributed by atoms with van der Waals surface area (Å²) in [5.74, 6) is 0.801. The van der Waals surface area contributed by atoms with Gasteiger partial charge in [-0.2, -0.15) is 5.10 Å². The minimum atomic E-state index is -0.0776. The fourth-order valence-electron chi connectivity index (χ4n) is 2.00. The van der Waals surface area contributed by atoms with Crippen molar-refractivity contribution in [2.24, 2.45) is 5.10 Å². The van der Waals surface area contributed by atoms with Crippen LogP contribution in [0.2, 0.25) is 5.15 Å². The molecule has 0 bridgehead atoms. The average molecular weight is 341 g/mol. The monoisotopic (exact) mass is 340 g/mol. The first-order chi connectivity index (χ1) is 11.6. The minimum Gasteiger partial charge on any atom is -0.508 e. The van der Waals surface area contributed by atoms with Crippen molar-refractivity contribution in [3.05, 3.63) is 65.3 Å². The van der Waals surface area contributed by atoms with Crippen LogP contribution >= 0.6 is 11.6 Å². The minimum absolute atomic E-state index is 0.0207. The van der Waals surface area contributed by atoms with Gasteiger partial charge in [-0.25, -0.2) is 9.97 Å². The summed E-state index contributed by atoms with van der Waals surface area (Å²) in [5, 5.41) is 23.3. The number of nitrogens with one attached hydrogen (secondary N) is 1. The first kappa shape index (κ1) is 15.8. The molecule has 0 unspecified atom stereocenters. The van der Waals surface area contributed by atoms with Crippen LogP contribution in [0.1, 0.15) is 5.56 Å². The number of hydrazone groups is 1. The molecule has 3 rings (SSSR count). The molecule has 0 radical (unpaired) electrons. The van der Waals surface area contributed by atoms with Gasteiger partial charge < -0.3 is 10.2 Å². The molecule has 0 saturated carbocycles. The molecule has 0 fully saturated rings. The Labute approximate surface area is 143 Å². The topological polar surface area (TPSA) is 90.6 Å². The highest BCUT2D eigenvalue weighted by molar-refractivity contribution is 6.29. The molecule has 0 aliphatic heterocycles. The van der Waals surface area contributed by atoms with E-state index in [0.29, 0.717) is 17.2 Å². The van der Waals surface area contributed by atoms with Crippen molar-refractivity contribution in [3.8, 4) is 22.9 Å². The molecule has 1 heterocycles. The lowest BCUT2D eigenvalue weighted by atomic mass is 10.2. The average Bonchev–Trinajstić information content (AvgIpc) is 2.57. The third kappa shape index (κ3) is 3.80. The Hall–Kier alpha value is -3.12. The van der Waals surface area contributed by atoms with E-state index in [4.69, 9.17) is 11.6 Å². The molecule has 1 aromatic heterocycles. The molecular weight excluding hydrogens is 328 g/mol. The number of benzene rings is 2. The van der Waals surface area contributed by atoms with Crippen molar-refractivity contribution in [2.75, 3.05) is 5.43 Å². The number of halogens is 1. The maximum absolute atomic E-state index is 9.70. The number of hydrogen-bond acceptors (Lipinski definition) is 6. The smallest absolute Gasteiger partial charge is 0.163 e. The molecule has 2 aromatic carbocycles. The molecule has 120 valence electrons. The summed E-state index contributed by atoms with van der Waals surface area (Å²) >= 11 is 6.03. The Balaban J connectivity index is 1.80. The van der Waals surface area contributed by atoms with Crippen LogP contribution < -0.4 is 5.43 Å². The van der Waals surface area contributed by atoms with Crippen LogP contribution in [0.25, 0.3) is 11.4 Å². The Morgan fingerprint density at radius 3 is 2.54 bits per heavy atom. The van der Waals surface area contributed by atoms with E-state index < -0.39 is 0 Å². The molecule has 3 N–H and O–H groups in total. The number of anilines is 1. The van der Waals surface area contributed by atoms with Crippen LogP contribution in [0.15, 0.2) is 59.7 Å². The van der Waals surface area contributed by atoms with Gasteiger partial charge in [0.05, 0.1) is 6.21 Å². The highest BCUT2D eigenvalue weighted by atomic mass is 35.5. The molecular formula is C17H13ClN4O2. The zero-order valence-electron chi connectivity index (χ0n) is 12.4. The van der Waals surface area contributed by atoms with Gasteiger partial charge in [-0.3, -0.25) is 5.43 Å². The molecule has 0 aliphatic rings. The van der Waals surface area contributed by atoms with E-state index in [1.54, 1.807) is 6.07 Å². The van der Waals surface area contributed by atoms with Gasteiger partial charge >= 0.3 is 0 Å². The molecule has 0 amide bonds. The van der Waals surface area contributed by atoms with E-state index in [0.717, 1.165) is 5.56 Å². The summed E-state index contributed by atoms with van der Waals surface area (Å²) < 4.78 is 0. The lowest BCUT2D eigenvalue weighted by Gasteiger charge is -2.05. The lowest BCUT2D eigenvalue weighted by Crippen LogP contribution is -1.97. The second-order valence-corrected chi connectivity index (χ2v) is 5.27. The van der Waals surface area contributed by atoms with Crippen LogP contribution in [0.3, 0.4) is 0 Å². The first-order valence-electron chi connectivity index (χ1n) is 7.03. The largest absolute Gasteiger partial charge is 0.508 e. The van der Waals surface area contributed by atoms with E-state index >= 15 is 0 Å². The highest BCUT2D eigenvalue weighted by Crippen LogP contribution is 2.22. The summed E-state index contributed by atoms with van der Waals surface area (Å²) in [4.78, 5) is 8.54. The summed E-state index contributed by atoms with van der Waals surface area (Å²) in [6.07, 6.45) is 1.41. The molecule has 3 aromatic rings. The summed E-state index contributed by atoms with van der Waals surface area (Å²) in [7, 11) is 0. The van der Waals surface area contributed by atoms with Gasteiger partial charge in [0.2, 0.25) is 0 Å². The van der Waals surface area contributed by atoms with Crippen LogP contribution in [0.5, 0.6) is 11.5 Å². The van der Waals surface area contributed by atoms with E-state index in [1.807, 2.05) is 30.3 Å². The molecule has 24 heavy (non-hydrogen) atoms. The lowest BCUT2D eigenvalue weighted by molar-refractivity contribution is 0.450. The fourth-order valence-corrected chi connectivity index (χ4v) is 2.18. The molecule has 0 aliphatic carbocycles. The van der Waals surface area contributed by atoms with E-state index in [-0.39, 0.29) is 16.7 Å².